The maximum absolute atomic E-state index is 14.0. The number of rotatable bonds is 7. The van der Waals surface area contributed by atoms with Crippen LogP contribution in [0, 0.1) is 6.92 Å². The van der Waals surface area contributed by atoms with E-state index in [0.717, 1.165) is 16.9 Å². The number of ketones is 1. The highest BCUT2D eigenvalue weighted by Gasteiger charge is 2.46. The van der Waals surface area contributed by atoms with Gasteiger partial charge in [0.2, 0.25) is 0 Å². The molecule has 9 heteroatoms. The minimum atomic E-state index is -2.36. The number of phenols is 2. The molecule has 0 aliphatic heterocycles. The number of fused-ring (bicyclic) bond motifs is 2. The lowest BCUT2D eigenvalue weighted by Gasteiger charge is -2.41. The normalized spacial score (nSPS) is 17.8. The lowest BCUT2D eigenvalue weighted by atomic mass is 9.82. The number of methoxy groups -OCH3 is 2. The van der Waals surface area contributed by atoms with Crippen LogP contribution in [-0.2, 0) is 15.8 Å². The van der Waals surface area contributed by atoms with E-state index in [1.807, 2.05) is 37.3 Å². The van der Waals surface area contributed by atoms with Crippen molar-refractivity contribution in [1.29, 1.82) is 0 Å². The first-order valence-electron chi connectivity index (χ1n) is 12.9. The molecular formula is C30H37BrO7Si. The second kappa shape index (κ2) is 10.8. The Balaban J connectivity index is 1.89. The number of aryl methyl sites for hydroxylation is 1. The van der Waals surface area contributed by atoms with Gasteiger partial charge in [-0.05, 0) is 70.3 Å². The molecule has 0 saturated carbocycles. The average Bonchev–Trinajstić information content (AvgIpc) is 2.87. The molecule has 0 amide bonds. The third kappa shape index (κ3) is 5.29. The third-order valence-electron chi connectivity index (χ3n) is 8.00. The van der Waals surface area contributed by atoms with Crippen LogP contribution in [0.2, 0.25) is 18.1 Å². The molecule has 7 nitrogen and oxygen atoms in total. The van der Waals surface area contributed by atoms with Crippen molar-refractivity contribution < 1.29 is 33.6 Å². The van der Waals surface area contributed by atoms with Crippen LogP contribution in [0.1, 0.15) is 60.3 Å². The van der Waals surface area contributed by atoms with Crippen molar-refractivity contribution in [2.75, 3.05) is 14.2 Å². The molecule has 1 aliphatic carbocycles. The molecule has 2 N–H and O–H groups in total. The highest BCUT2D eigenvalue weighted by molar-refractivity contribution is 9.10. The minimum absolute atomic E-state index is 0.0695. The maximum atomic E-state index is 14.0. The predicted octanol–water partition coefficient (Wildman–Crippen LogP) is 7.57. The Kier molecular flexibility index (Phi) is 8.11. The lowest BCUT2D eigenvalue weighted by Crippen LogP contribution is -2.47. The summed E-state index contributed by atoms with van der Waals surface area (Å²) in [4.78, 5) is 14.0. The highest BCUT2D eigenvalue weighted by atomic mass is 79.9. The SMILES string of the molecule is COc1ccc(CO[C@H]2C[C@H](O[Si](C)(C)C(C)(C)C)C(=O)c3c2c(OC)c2cc(C)c(Br)c(O)c2c3O)cc1. The van der Waals surface area contributed by atoms with Gasteiger partial charge in [0.25, 0.3) is 0 Å². The molecule has 0 unspecified atom stereocenters. The van der Waals surface area contributed by atoms with E-state index in [4.69, 9.17) is 18.6 Å². The zero-order valence-electron chi connectivity index (χ0n) is 23.8. The van der Waals surface area contributed by atoms with Gasteiger partial charge in [0.15, 0.2) is 14.1 Å². The zero-order chi connectivity index (χ0) is 28.9. The van der Waals surface area contributed by atoms with Crippen molar-refractivity contribution in [3.8, 4) is 23.0 Å². The van der Waals surface area contributed by atoms with Crippen LogP contribution in [-0.4, -0.2) is 44.6 Å². The molecule has 210 valence electrons. The summed E-state index contributed by atoms with van der Waals surface area (Å²) in [6, 6.07) is 9.39. The van der Waals surface area contributed by atoms with Crippen molar-refractivity contribution in [3.05, 3.63) is 57.1 Å². The molecule has 0 fully saturated rings. The van der Waals surface area contributed by atoms with E-state index in [2.05, 4.69) is 49.8 Å². The standard InChI is InChI=1S/C30H37BrO7Si/c1-16-13-19-22(28(34)25(16)31)27(33)24-23(29(19)36-6)20(37-15-17-9-11-18(35-5)12-10-17)14-21(26(24)32)38-39(7,8)30(2,3)4/h9-13,20-21,33-34H,14-15H2,1-8H3/t20-,21-/m0/s1. The number of hydrogen-bond donors (Lipinski definition) is 2. The molecule has 1 aliphatic rings. The topological polar surface area (TPSA) is 94.5 Å². The zero-order valence-corrected chi connectivity index (χ0v) is 26.4. The first-order chi connectivity index (χ1) is 18.2. The van der Waals surface area contributed by atoms with Gasteiger partial charge in [-0.1, -0.05) is 32.9 Å². The number of Topliss-reactive ketones (excluding diaryl/α,β-unsaturated/α-hetero) is 1. The summed E-state index contributed by atoms with van der Waals surface area (Å²) in [6.45, 7) is 12.6. The molecule has 0 radical (unpaired) electrons. The first kappa shape index (κ1) is 29.4. The summed E-state index contributed by atoms with van der Waals surface area (Å²) >= 11 is 3.40. The Bertz CT molecular complexity index is 1410. The highest BCUT2D eigenvalue weighted by Crippen LogP contribution is 2.53. The smallest absolute Gasteiger partial charge is 0.194 e. The minimum Gasteiger partial charge on any atom is -0.506 e. The number of ether oxygens (including phenoxy) is 3. The Hall–Kier alpha value is -2.59. The molecule has 4 rings (SSSR count). The second-order valence-corrected chi connectivity index (χ2v) is 17.1. The van der Waals surface area contributed by atoms with Crippen LogP contribution in [0.4, 0.5) is 0 Å². The number of halogens is 1. The fourth-order valence-corrected chi connectivity index (χ4v) is 6.35. The number of phenolic OH excluding ortho intramolecular Hbond substituents is 2. The van der Waals surface area contributed by atoms with Gasteiger partial charge in [-0.2, -0.15) is 0 Å². The van der Waals surface area contributed by atoms with Crippen LogP contribution < -0.4 is 9.47 Å². The van der Waals surface area contributed by atoms with Gasteiger partial charge in [-0.25, -0.2) is 0 Å². The van der Waals surface area contributed by atoms with Crippen LogP contribution in [0.15, 0.2) is 34.8 Å². The number of carbonyl (C=O) groups is 1. The Morgan fingerprint density at radius 2 is 1.67 bits per heavy atom. The molecule has 3 aromatic rings. The van der Waals surface area contributed by atoms with Crippen LogP contribution in [0.5, 0.6) is 23.0 Å². The molecule has 0 saturated heterocycles. The van der Waals surface area contributed by atoms with Crippen molar-refractivity contribution in [2.45, 2.75) is 71.1 Å². The van der Waals surface area contributed by atoms with Crippen LogP contribution in [0.3, 0.4) is 0 Å². The van der Waals surface area contributed by atoms with Gasteiger partial charge < -0.3 is 28.8 Å². The van der Waals surface area contributed by atoms with Gasteiger partial charge in [0.05, 0.1) is 42.4 Å². The molecule has 0 bridgehead atoms. The Labute approximate surface area is 239 Å². The van der Waals surface area contributed by atoms with Crippen LogP contribution in [0.25, 0.3) is 10.8 Å². The van der Waals surface area contributed by atoms with E-state index in [1.54, 1.807) is 7.11 Å². The lowest BCUT2D eigenvalue weighted by molar-refractivity contribution is -0.000517. The van der Waals surface area contributed by atoms with Crippen molar-refractivity contribution >= 4 is 40.8 Å². The Morgan fingerprint density at radius 1 is 1.03 bits per heavy atom. The fourth-order valence-electron chi connectivity index (χ4n) is 4.77. The summed E-state index contributed by atoms with van der Waals surface area (Å²) in [7, 11) is 0.771. The summed E-state index contributed by atoms with van der Waals surface area (Å²) < 4.78 is 24.6. The molecule has 3 aromatic carbocycles. The second-order valence-electron chi connectivity index (χ2n) is 11.6. The van der Waals surface area contributed by atoms with Crippen molar-refractivity contribution in [1.82, 2.24) is 0 Å². The van der Waals surface area contributed by atoms with E-state index in [9.17, 15) is 15.0 Å². The van der Waals surface area contributed by atoms with E-state index >= 15 is 0 Å². The largest absolute Gasteiger partial charge is 0.506 e. The molecule has 39 heavy (non-hydrogen) atoms. The number of aromatic hydroxyl groups is 2. The number of benzene rings is 3. The van der Waals surface area contributed by atoms with E-state index < -0.39 is 20.5 Å². The summed E-state index contributed by atoms with van der Waals surface area (Å²) in [5.74, 6) is 0.343. The van der Waals surface area contributed by atoms with Gasteiger partial charge in [-0.3, -0.25) is 4.79 Å². The van der Waals surface area contributed by atoms with E-state index in [0.29, 0.717) is 21.2 Å². The van der Waals surface area contributed by atoms with E-state index in [-0.39, 0.29) is 46.3 Å². The number of hydrogen-bond acceptors (Lipinski definition) is 7. The van der Waals surface area contributed by atoms with Gasteiger partial charge in [0.1, 0.15) is 29.1 Å². The Morgan fingerprint density at radius 3 is 2.23 bits per heavy atom. The first-order valence-corrected chi connectivity index (χ1v) is 16.6. The summed E-state index contributed by atoms with van der Waals surface area (Å²) in [6.07, 6.45) is -1.15. The molecule has 0 heterocycles. The molecule has 0 aromatic heterocycles. The van der Waals surface area contributed by atoms with Crippen LogP contribution >= 0.6 is 15.9 Å². The quantitative estimate of drug-likeness (QED) is 0.264. The van der Waals surface area contributed by atoms with Gasteiger partial charge >= 0.3 is 0 Å². The van der Waals surface area contributed by atoms with E-state index in [1.165, 1.54) is 7.11 Å². The predicted molar refractivity (Wildman–Crippen MR) is 158 cm³/mol. The number of carbonyl (C=O) groups excluding carboxylic acids is 1. The van der Waals surface area contributed by atoms with Crippen molar-refractivity contribution in [2.24, 2.45) is 0 Å². The molecule has 0 spiro atoms. The summed E-state index contributed by atoms with van der Waals surface area (Å²) in [5.41, 5.74) is 2.23. The van der Waals surface area contributed by atoms with Gasteiger partial charge in [0, 0.05) is 17.4 Å². The van der Waals surface area contributed by atoms with Crippen molar-refractivity contribution in [3.63, 3.8) is 0 Å². The molecular weight excluding hydrogens is 580 g/mol. The molecule has 2 atom stereocenters. The third-order valence-corrected chi connectivity index (χ3v) is 13.5. The summed E-state index contributed by atoms with van der Waals surface area (Å²) in [5, 5.41) is 23.1. The maximum Gasteiger partial charge on any atom is 0.194 e. The fraction of sp³-hybridized carbons (Fsp3) is 0.433. The monoisotopic (exact) mass is 616 g/mol. The average molecular weight is 618 g/mol. The van der Waals surface area contributed by atoms with Gasteiger partial charge in [-0.15, -0.1) is 0 Å².